The molecule has 2 heterocycles. The van der Waals surface area contributed by atoms with E-state index in [0.29, 0.717) is 25.4 Å². The molecule has 1 aliphatic rings. The maximum absolute atomic E-state index is 12.4. The van der Waals surface area contributed by atoms with Gasteiger partial charge in [0.2, 0.25) is 0 Å². The molecule has 1 unspecified atom stereocenters. The molecule has 3 rings (SSSR count). The average molecular weight is 310 g/mol. The first-order valence-electron chi connectivity index (χ1n) is 5.76. The van der Waals surface area contributed by atoms with Crippen LogP contribution >= 0.6 is 15.9 Å². The highest BCUT2D eigenvalue weighted by Crippen LogP contribution is 2.28. The summed E-state index contributed by atoms with van der Waals surface area (Å²) in [4.78, 5) is 15.5. The van der Waals surface area contributed by atoms with Crippen LogP contribution in [-0.4, -0.2) is 36.7 Å². The molecule has 0 spiro atoms. The lowest BCUT2D eigenvalue weighted by molar-refractivity contribution is -0.0718. The molecule has 0 bridgehead atoms. The normalized spacial score (nSPS) is 20.2. The van der Waals surface area contributed by atoms with Gasteiger partial charge in [0, 0.05) is 27.1 Å². The number of nitrogens with one attached hydrogen (secondary N) is 1. The summed E-state index contributed by atoms with van der Waals surface area (Å²) in [7, 11) is 0. The number of hydrogen-bond acceptors (Lipinski definition) is 3. The Labute approximate surface area is 112 Å². The lowest BCUT2D eigenvalue weighted by atomic mass is 10.1. The van der Waals surface area contributed by atoms with Crippen molar-refractivity contribution in [1.82, 2.24) is 4.98 Å². The van der Waals surface area contributed by atoms with E-state index < -0.39 is 6.10 Å². The quantitative estimate of drug-likeness (QED) is 0.867. The van der Waals surface area contributed by atoms with E-state index in [9.17, 15) is 4.79 Å². The van der Waals surface area contributed by atoms with Gasteiger partial charge in [-0.15, -0.1) is 0 Å². The van der Waals surface area contributed by atoms with Crippen molar-refractivity contribution in [1.29, 1.82) is 0 Å². The van der Waals surface area contributed by atoms with Crippen molar-refractivity contribution in [2.75, 3.05) is 19.8 Å². The largest absolute Gasteiger partial charge is 0.376 e. The number of carbonyl (C=O) groups is 1. The van der Waals surface area contributed by atoms with Gasteiger partial charge in [0.25, 0.3) is 0 Å². The number of fused-ring (bicyclic) bond motifs is 1. The molecular formula is C13H12BrNO3. The Bertz CT molecular complexity index is 587. The van der Waals surface area contributed by atoms with Gasteiger partial charge in [-0.05, 0) is 12.1 Å². The van der Waals surface area contributed by atoms with Crippen molar-refractivity contribution in [2.45, 2.75) is 6.10 Å². The van der Waals surface area contributed by atoms with Crippen molar-refractivity contribution in [2.24, 2.45) is 0 Å². The van der Waals surface area contributed by atoms with Gasteiger partial charge in [-0.25, -0.2) is 0 Å². The SMILES string of the molecule is O=C(c1c[nH]c2cccc(Br)c12)C1COCCO1. The molecule has 1 N–H and O–H groups in total. The van der Waals surface area contributed by atoms with Gasteiger partial charge in [-0.1, -0.05) is 22.0 Å². The first-order valence-corrected chi connectivity index (χ1v) is 6.56. The minimum atomic E-state index is -0.496. The van der Waals surface area contributed by atoms with Gasteiger partial charge in [-0.2, -0.15) is 0 Å². The summed E-state index contributed by atoms with van der Waals surface area (Å²) in [6, 6.07) is 5.79. The van der Waals surface area contributed by atoms with Gasteiger partial charge in [-0.3, -0.25) is 4.79 Å². The summed E-state index contributed by atoms with van der Waals surface area (Å²) in [5.74, 6) is -0.0344. The van der Waals surface area contributed by atoms with Gasteiger partial charge >= 0.3 is 0 Å². The summed E-state index contributed by atoms with van der Waals surface area (Å²) in [5, 5.41) is 0.900. The summed E-state index contributed by atoms with van der Waals surface area (Å²) in [5.41, 5.74) is 1.58. The molecule has 5 heteroatoms. The number of aromatic nitrogens is 1. The smallest absolute Gasteiger partial charge is 0.196 e. The number of aromatic amines is 1. The van der Waals surface area contributed by atoms with E-state index in [1.165, 1.54) is 0 Å². The number of ketones is 1. The second kappa shape index (κ2) is 4.84. The highest BCUT2D eigenvalue weighted by Gasteiger charge is 2.26. The molecule has 0 aliphatic carbocycles. The number of carbonyl (C=O) groups excluding carboxylic acids is 1. The predicted molar refractivity (Wildman–Crippen MR) is 70.9 cm³/mol. The van der Waals surface area contributed by atoms with Crippen LogP contribution in [0.3, 0.4) is 0 Å². The number of hydrogen-bond donors (Lipinski definition) is 1. The Kier molecular flexibility index (Phi) is 3.20. The Morgan fingerprint density at radius 2 is 2.28 bits per heavy atom. The third-order valence-electron chi connectivity index (χ3n) is 3.03. The van der Waals surface area contributed by atoms with Crippen LogP contribution in [0.2, 0.25) is 0 Å². The van der Waals surface area contributed by atoms with Crippen LogP contribution in [0, 0.1) is 0 Å². The maximum Gasteiger partial charge on any atom is 0.196 e. The number of ether oxygens (including phenoxy) is 2. The molecule has 0 radical (unpaired) electrons. The van der Waals surface area contributed by atoms with Crippen molar-refractivity contribution >= 4 is 32.6 Å². The number of H-pyrrole nitrogens is 1. The van der Waals surface area contributed by atoms with Crippen LogP contribution in [0.1, 0.15) is 10.4 Å². The molecule has 1 aromatic heterocycles. The maximum atomic E-state index is 12.4. The number of Topliss-reactive ketones (excluding diaryl/α,β-unsaturated/α-hetero) is 1. The van der Waals surface area contributed by atoms with Crippen LogP contribution in [-0.2, 0) is 9.47 Å². The molecule has 1 aromatic carbocycles. The first-order chi connectivity index (χ1) is 8.77. The van der Waals surface area contributed by atoms with Crippen molar-refractivity contribution in [3.63, 3.8) is 0 Å². The number of benzene rings is 1. The Balaban J connectivity index is 2.01. The second-order valence-electron chi connectivity index (χ2n) is 4.16. The van der Waals surface area contributed by atoms with E-state index in [4.69, 9.17) is 9.47 Å². The van der Waals surface area contributed by atoms with E-state index in [1.807, 2.05) is 18.2 Å². The molecule has 1 fully saturated rings. The average Bonchev–Trinajstić information content (AvgIpc) is 2.84. The van der Waals surface area contributed by atoms with Crippen LogP contribution in [0.25, 0.3) is 10.9 Å². The fourth-order valence-electron chi connectivity index (χ4n) is 2.15. The Morgan fingerprint density at radius 1 is 1.39 bits per heavy atom. The molecule has 18 heavy (non-hydrogen) atoms. The van der Waals surface area contributed by atoms with E-state index in [0.717, 1.165) is 15.4 Å². The monoisotopic (exact) mass is 309 g/mol. The summed E-state index contributed by atoms with van der Waals surface area (Å²) >= 11 is 3.47. The van der Waals surface area contributed by atoms with E-state index in [1.54, 1.807) is 6.20 Å². The van der Waals surface area contributed by atoms with Crippen LogP contribution in [0.5, 0.6) is 0 Å². The molecule has 1 saturated heterocycles. The lowest BCUT2D eigenvalue weighted by Crippen LogP contribution is -2.35. The standard InChI is InChI=1S/C13H12BrNO3/c14-9-2-1-3-10-12(9)8(6-15-10)13(16)11-7-17-4-5-18-11/h1-3,6,11,15H,4-5,7H2. The summed E-state index contributed by atoms with van der Waals surface area (Å²) in [6.45, 7) is 1.36. The summed E-state index contributed by atoms with van der Waals surface area (Å²) < 4.78 is 11.6. The molecule has 0 amide bonds. The third-order valence-corrected chi connectivity index (χ3v) is 3.69. The fourth-order valence-corrected chi connectivity index (χ4v) is 2.73. The second-order valence-corrected chi connectivity index (χ2v) is 5.02. The molecule has 1 aliphatic heterocycles. The molecule has 0 saturated carbocycles. The molecule has 4 nitrogen and oxygen atoms in total. The highest BCUT2D eigenvalue weighted by molar-refractivity contribution is 9.10. The molecule has 1 atom stereocenters. The summed E-state index contributed by atoms with van der Waals surface area (Å²) in [6.07, 6.45) is 1.24. The number of halogens is 1. The zero-order chi connectivity index (χ0) is 12.5. The predicted octanol–water partition coefficient (Wildman–Crippen LogP) is 2.53. The van der Waals surface area contributed by atoms with E-state index in [2.05, 4.69) is 20.9 Å². The minimum Gasteiger partial charge on any atom is -0.376 e. The van der Waals surface area contributed by atoms with E-state index in [-0.39, 0.29) is 5.78 Å². The Morgan fingerprint density at radius 3 is 3.06 bits per heavy atom. The zero-order valence-electron chi connectivity index (χ0n) is 9.61. The van der Waals surface area contributed by atoms with Gasteiger partial charge in [0.15, 0.2) is 5.78 Å². The highest BCUT2D eigenvalue weighted by atomic mass is 79.9. The zero-order valence-corrected chi connectivity index (χ0v) is 11.2. The first kappa shape index (κ1) is 11.9. The Hall–Kier alpha value is -1.17. The molecular weight excluding hydrogens is 298 g/mol. The lowest BCUT2D eigenvalue weighted by Gasteiger charge is -2.21. The topological polar surface area (TPSA) is 51.3 Å². The third kappa shape index (κ3) is 1.98. The fraction of sp³-hybridized carbons (Fsp3) is 0.308. The molecule has 2 aromatic rings. The van der Waals surface area contributed by atoms with Crippen LogP contribution in [0.15, 0.2) is 28.9 Å². The molecule has 94 valence electrons. The van der Waals surface area contributed by atoms with E-state index >= 15 is 0 Å². The minimum absolute atomic E-state index is 0.0344. The van der Waals surface area contributed by atoms with Gasteiger partial charge < -0.3 is 14.5 Å². The van der Waals surface area contributed by atoms with Gasteiger partial charge in [0.1, 0.15) is 6.10 Å². The van der Waals surface area contributed by atoms with Crippen molar-refractivity contribution in [3.8, 4) is 0 Å². The van der Waals surface area contributed by atoms with Crippen molar-refractivity contribution in [3.05, 3.63) is 34.4 Å². The van der Waals surface area contributed by atoms with Gasteiger partial charge in [0.05, 0.1) is 19.8 Å². The van der Waals surface area contributed by atoms with Crippen molar-refractivity contribution < 1.29 is 14.3 Å². The van der Waals surface area contributed by atoms with Crippen LogP contribution in [0.4, 0.5) is 0 Å². The van der Waals surface area contributed by atoms with Crippen LogP contribution < -0.4 is 0 Å². The number of rotatable bonds is 2.